The summed E-state index contributed by atoms with van der Waals surface area (Å²) in [7, 11) is 1.63. The summed E-state index contributed by atoms with van der Waals surface area (Å²) in [6.45, 7) is 2.25. The second-order valence-corrected chi connectivity index (χ2v) is 8.36. The van der Waals surface area contributed by atoms with Gasteiger partial charge in [0.15, 0.2) is 0 Å². The molecule has 0 bridgehead atoms. The van der Waals surface area contributed by atoms with Gasteiger partial charge in [-0.3, -0.25) is 9.59 Å². The van der Waals surface area contributed by atoms with E-state index in [0.717, 1.165) is 6.42 Å². The molecular weight excluding hydrogens is 453 g/mol. The van der Waals surface area contributed by atoms with E-state index in [1.54, 1.807) is 48.5 Å². The van der Waals surface area contributed by atoms with Crippen LogP contribution in [0.5, 0.6) is 0 Å². The fourth-order valence-corrected chi connectivity index (χ4v) is 4.17. The Hall–Kier alpha value is -3.89. The van der Waals surface area contributed by atoms with Gasteiger partial charge in [-0.05, 0) is 55.0 Å². The Morgan fingerprint density at radius 1 is 1.17 bits per heavy atom. The number of carbonyl (C=O) groups is 1. The number of halogens is 1. The quantitative estimate of drug-likeness (QED) is 0.411. The third kappa shape index (κ3) is 4.84. The molecule has 1 N–H and O–H groups in total. The van der Waals surface area contributed by atoms with E-state index in [4.69, 9.17) is 9.47 Å². The maximum absolute atomic E-state index is 13.6. The van der Waals surface area contributed by atoms with Gasteiger partial charge in [0, 0.05) is 36.7 Å². The van der Waals surface area contributed by atoms with Gasteiger partial charge >= 0.3 is 0 Å². The van der Waals surface area contributed by atoms with Crippen LogP contribution in [0.25, 0.3) is 27.8 Å². The summed E-state index contributed by atoms with van der Waals surface area (Å²) in [6, 6.07) is 12.8. The first-order valence-electron chi connectivity index (χ1n) is 11.3. The first kappa shape index (κ1) is 22.9. The van der Waals surface area contributed by atoms with Crippen LogP contribution in [0.15, 0.2) is 59.5 Å². The zero-order chi connectivity index (χ0) is 24.4. The fraction of sp³-hybridized carbons (Fsp3) is 0.280. The van der Waals surface area contributed by atoms with Gasteiger partial charge in [0.1, 0.15) is 11.5 Å². The number of H-pyrrole nitrogens is 1. The minimum atomic E-state index is -0.392. The van der Waals surface area contributed by atoms with Crippen LogP contribution in [0.2, 0.25) is 0 Å². The lowest BCUT2D eigenvalue weighted by atomic mass is 10.1. The van der Waals surface area contributed by atoms with Gasteiger partial charge in [0.05, 0.1) is 36.8 Å². The van der Waals surface area contributed by atoms with Crippen molar-refractivity contribution in [3.63, 3.8) is 0 Å². The number of nitrogens with zero attached hydrogens (tertiary/aromatic N) is 4. The minimum Gasteiger partial charge on any atom is -0.382 e. The lowest BCUT2D eigenvalue weighted by Gasteiger charge is -2.17. The standard InChI is InChI=1S/C25H24FN5O4/c1-34-10-11-35-20-8-9-30(14-20)25(33)16-2-5-19(6-3-16)31-15-23(28-29-31)21-13-17-12-18(26)4-7-22(17)27-24(21)32/h2-7,12-13,15,20H,8-11,14H2,1H3,(H,27,32). The van der Waals surface area contributed by atoms with Crippen LogP contribution in [-0.2, 0) is 9.47 Å². The van der Waals surface area contributed by atoms with Crippen molar-refractivity contribution in [2.24, 2.45) is 0 Å². The molecule has 35 heavy (non-hydrogen) atoms. The largest absolute Gasteiger partial charge is 0.382 e. The van der Waals surface area contributed by atoms with Crippen molar-refractivity contribution < 1.29 is 18.7 Å². The molecule has 10 heteroatoms. The molecule has 1 unspecified atom stereocenters. The number of aromatic nitrogens is 4. The molecule has 1 aliphatic rings. The number of aromatic amines is 1. The Morgan fingerprint density at radius 3 is 2.80 bits per heavy atom. The second kappa shape index (κ2) is 9.77. The smallest absolute Gasteiger partial charge is 0.258 e. The number of nitrogens with one attached hydrogen (secondary N) is 1. The zero-order valence-electron chi connectivity index (χ0n) is 19.1. The van der Waals surface area contributed by atoms with Crippen molar-refractivity contribution in [2.75, 3.05) is 33.4 Å². The highest BCUT2D eigenvalue weighted by Crippen LogP contribution is 2.21. The molecule has 9 nitrogen and oxygen atoms in total. The van der Waals surface area contributed by atoms with Crippen LogP contribution < -0.4 is 5.56 Å². The molecule has 0 spiro atoms. The molecule has 180 valence electrons. The first-order valence-corrected chi connectivity index (χ1v) is 11.3. The number of ether oxygens (including phenoxy) is 2. The number of benzene rings is 2. The molecule has 3 heterocycles. The van der Waals surface area contributed by atoms with E-state index in [0.29, 0.717) is 54.2 Å². The van der Waals surface area contributed by atoms with Gasteiger partial charge in [-0.2, -0.15) is 0 Å². The summed E-state index contributed by atoms with van der Waals surface area (Å²) >= 11 is 0. The van der Waals surface area contributed by atoms with Crippen LogP contribution in [0, 0.1) is 5.82 Å². The normalized spacial score (nSPS) is 15.7. The Kier molecular flexibility index (Phi) is 6.39. The Morgan fingerprint density at radius 2 is 2.00 bits per heavy atom. The molecule has 0 aliphatic carbocycles. The molecule has 2 aromatic carbocycles. The van der Waals surface area contributed by atoms with E-state index in [1.165, 1.54) is 22.9 Å². The molecule has 1 aliphatic heterocycles. The van der Waals surface area contributed by atoms with Gasteiger partial charge in [0.2, 0.25) is 0 Å². The zero-order valence-corrected chi connectivity index (χ0v) is 19.1. The average molecular weight is 477 g/mol. The van der Waals surface area contributed by atoms with Gasteiger partial charge < -0.3 is 19.4 Å². The van der Waals surface area contributed by atoms with E-state index < -0.39 is 5.82 Å². The van der Waals surface area contributed by atoms with Crippen LogP contribution >= 0.6 is 0 Å². The predicted molar refractivity (Wildman–Crippen MR) is 127 cm³/mol. The van der Waals surface area contributed by atoms with Crippen molar-refractivity contribution in [3.8, 4) is 16.9 Å². The molecule has 1 saturated heterocycles. The number of carbonyl (C=O) groups excluding carboxylic acids is 1. The first-order chi connectivity index (χ1) is 17.0. The summed E-state index contributed by atoms with van der Waals surface area (Å²) < 4.78 is 25.9. The average Bonchev–Trinajstić information content (AvgIpc) is 3.54. The SMILES string of the molecule is COCCOC1CCN(C(=O)c2ccc(-n3cc(-c4cc5cc(F)ccc5[nH]c4=O)nn3)cc2)C1. The number of hydrogen-bond acceptors (Lipinski definition) is 6. The van der Waals surface area contributed by atoms with Gasteiger partial charge in [-0.15, -0.1) is 5.10 Å². The lowest BCUT2D eigenvalue weighted by molar-refractivity contribution is 0.0218. The predicted octanol–water partition coefficient (Wildman–Crippen LogP) is 2.79. The van der Waals surface area contributed by atoms with Crippen molar-refractivity contribution >= 4 is 16.8 Å². The van der Waals surface area contributed by atoms with Crippen molar-refractivity contribution in [1.29, 1.82) is 0 Å². The van der Waals surface area contributed by atoms with Crippen molar-refractivity contribution in [3.05, 3.63) is 76.5 Å². The third-order valence-corrected chi connectivity index (χ3v) is 6.03. The van der Waals surface area contributed by atoms with Crippen LogP contribution in [-0.4, -0.2) is 70.3 Å². The summed E-state index contributed by atoms with van der Waals surface area (Å²) in [4.78, 5) is 29.9. The molecular formula is C25H24FN5O4. The highest BCUT2D eigenvalue weighted by Gasteiger charge is 2.27. The number of rotatable bonds is 7. The molecule has 1 fully saturated rings. The van der Waals surface area contributed by atoms with E-state index in [-0.39, 0.29) is 23.1 Å². The molecule has 0 saturated carbocycles. The van der Waals surface area contributed by atoms with E-state index in [1.807, 2.05) is 0 Å². The molecule has 0 radical (unpaired) electrons. The third-order valence-electron chi connectivity index (χ3n) is 6.03. The number of methoxy groups -OCH3 is 1. The summed E-state index contributed by atoms with van der Waals surface area (Å²) in [5.41, 5.74) is 2.10. The summed E-state index contributed by atoms with van der Waals surface area (Å²) in [5.74, 6) is -0.444. The number of amides is 1. The molecule has 1 amide bonds. The number of fused-ring (bicyclic) bond motifs is 1. The monoisotopic (exact) mass is 477 g/mol. The fourth-order valence-electron chi connectivity index (χ4n) is 4.17. The number of hydrogen-bond donors (Lipinski definition) is 1. The maximum Gasteiger partial charge on any atom is 0.258 e. The second-order valence-electron chi connectivity index (χ2n) is 8.36. The van der Waals surface area contributed by atoms with Gasteiger partial charge in [-0.1, -0.05) is 5.21 Å². The molecule has 1 atom stereocenters. The van der Waals surface area contributed by atoms with Gasteiger partial charge in [0.25, 0.3) is 11.5 Å². The lowest BCUT2D eigenvalue weighted by Crippen LogP contribution is -2.30. The van der Waals surface area contributed by atoms with Crippen LogP contribution in [0.4, 0.5) is 4.39 Å². The maximum atomic E-state index is 13.6. The molecule has 2 aromatic heterocycles. The highest BCUT2D eigenvalue weighted by atomic mass is 19.1. The summed E-state index contributed by atoms with van der Waals surface area (Å²) in [5, 5.41) is 8.79. The van der Waals surface area contributed by atoms with Crippen molar-refractivity contribution in [2.45, 2.75) is 12.5 Å². The topological polar surface area (TPSA) is 102 Å². The van der Waals surface area contributed by atoms with Crippen molar-refractivity contribution in [1.82, 2.24) is 24.9 Å². The summed E-state index contributed by atoms with van der Waals surface area (Å²) in [6.07, 6.45) is 2.45. The number of pyridine rings is 1. The number of likely N-dealkylation sites (tertiary alicyclic amines) is 1. The van der Waals surface area contributed by atoms with E-state index in [9.17, 15) is 14.0 Å². The van der Waals surface area contributed by atoms with Gasteiger partial charge in [-0.25, -0.2) is 9.07 Å². The highest BCUT2D eigenvalue weighted by molar-refractivity contribution is 5.94. The Balaban J connectivity index is 1.30. The Labute approximate surface area is 200 Å². The van der Waals surface area contributed by atoms with Crippen LogP contribution in [0.1, 0.15) is 16.8 Å². The van der Waals surface area contributed by atoms with E-state index in [2.05, 4.69) is 15.3 Å². The van der Waals surface area contributed by atoms with E-state index >= 15 is 0 Å². The Bertz CT molecular complexity index is 1420. The van der Waals surface area contributed by atoms with Crippen LogP contribution in [0.3, 0.4) is 0 Å². The minimum absolute atomic E-state index is 0.0247. The molecule has 4 aromatic rings. The molecule has 5 rings (SSSR count).